The van der Waals surface area contributed by atoms with Gasteiger partial charge in [-0.05, 0) is 52.3 Å². The SMILES string of the molecule is C[C@H](O[Si](C)(C)C)[C@@H](O[Si](C)(C)C)c1cccc(Cl)c1Cl. The fourth-order valence-electron chi connectivity index (χ4n) is 2.15. The molecular weight excluding hydrogens is 339 g/mol. The lowest BCUT2D eigenvalue weighted by Crippen LogP contribution is -2.38. The first-order chi connectivity index (χ1) is 9.41. The quantitative estimate of drug-likeness (QED) is 0.565. The van der Waals surface area contributed by atoms with Gasteiger partial charge < -0.3 is 8.85 Å². The van der Waals surface area contributed by atoms with E-state index in [0.29, 0.717) is 10.0 Å². The van der Waals surface area contributed by atoms with Crippen molar-refractivity contribution in [1.29, 1.82) is 0 Å². The third kappa shape index (κ3) is 6.42. The summed E-state index contributed by atoms with van der Waals surface area (Å²) in [6.45, 7) is 15.1. The van der Waals surface area contributed by atoms with Crippen LogP contribution in [0.15, 0.2) is 18.2 Å². The van der Waals surface area contributed by atoms with E-state index in [4.69, 9.17) is 32.1 Å². The van der Waals surface area contributed by atoms with E-state index in [0.717, 1.165) is 5.56 Å². The van der Waals surface area contributed by atoms with E-state index in [1.54, 1.807) is 6.07 Å². The van der Waals surface area contributed by atoms with E-state index in [1.807, 2.05) is 12.1 Å². The molecule has 1 rings (SSSR count). The maximum Gasteiger partial charge on any atom is 0.184 e. The Kier molecular flexibility index (Phi) is 6.54. The third-order valence-electron chi connectivity index (χ3n) is 2.73. The van der Waals surface area contributed by atoms with Crippen LogP contribution >= 0.6 is 23.2 Å². The molecule has 1 aromatic rings. The van der Waals surface area contributed by atoms with Gasteiger partial charge in [-0.25, -0.2) is 0 Å². The normalized spacial score (nSPS) is 15.9. The molecule has 0 aliphatic rings. The van der Waals surface area contributed by atoms with Gasteiger partial charge in [0.2, 0.25) is 0 Å². The zero-order chi connectivity index (χ0) is 16.4. The first-order valence-corrected chi connectivity index (χ1v) is 14.8. The summed E-state index contributed by atoms with van der Waals surface area (Å²) >= 11 is 12.6. The standard InChI is InChI=1S/C15H26Cl2O2Si2/c1-11(18-20(2,3)4)15(19-21(5,6)7)12-9-8-10-13(16)14(12)17/h8-11,15H,1-7H3/t11-,15+/m0/s1. The van der Waals surface area contributed by atoms with Crippen molar-refractivity contribution in [2.24, 2.45) is 0 Å². The molecule has 0 bridgehead atoms. The Balaban J connectivity index is 3.16. The van der Waals surface area contributed by atoms with Crippen LogP contribution in [0.25, 0.3) is 0 Å². The molecular formula is C15H26Cl2O2Si2. The van der Waals surface area contributed by atoms with Crippen LogP contribution in [-0.2, 0) is 8.85 Å². The minimum atomic E-state index is -1.75. The Hall–Kier alpha value is 0.154. The summed E-state index contributed by atoms with van der Waals surface area (Å²) in [6, 6.07) is 5.68. The van der Waals surface area contributed by atoms with Crippen LogP contribution in [0.3, 0.4) is 0 Å². The van der Waals surface area contributed by atoms with E-state index in [2.05, 4.69) is 46.2 Å². The van der Waals surface area contributed by atoms with Crippen molar-refractivity contribution in [2.75, 3.05) is 0 Å². The Morgan fingerprint density at radius 3 is 1.90 bits per heavy atom. The predicted molar refractivity (Wildman–Crippen MR) is 97.5 cm³/mol. The molecule has 6 heteroatoms. The molecule has 0 heterocycles. The molecule has 0 fully saturated rings. The van der Waals surface area contributed by atoms with Crippen molar-refractivity contribution in [1.82, 2.24) is 0 Å². The minimum absolute atomic E-state index is 0.0561. The molecule has 0 unspecified atom stereocenters. The number of rotatable bonds is 6. The highest BCUT2D eigenvalue weighted by Crippen LogP contribution is 2.36. The fraction of sp³-hybridized carbons (Fsp3) is 0.600. The van der Waals surface area contributed by atoms with Crippen molar-refractivity contribution in [3.05, 3.63) is 33.8 Å². The van der Waals surface area contributed by atoms with Gasteiger partial charge in [0.05, 0.1) is 22.3 Å². The van der Waals surface area contributed by atoms with E-state index in [-0.39, 0.29) is 12.2 Å². The Morgan fingerprint density at radius 2 is 1.43 bits per heavy atom. The zero-order valence-corrected chi connectivity index (χ0v) is 17.5. The topological polar surface area (TPSA) is 18.5 Å². The molecule has 120 valence electrons. The number of hydrogen-bond acceptors (Lipinski definition) is 2. The first-order valence-electron chi connectivity index (χ1n) is 7.20. The van der Waals surface area contributed by atoms with E-state index < -0.39 is 16.6 Å². The summed E-state index contributed by atoms with van der Waals surface area (Å²) in [5.74, 6) is 0. The van der Waals surface area contributed by atoms with Crippen LogP contribution in [0.4, 0.5) is 0 Å². The number of benzene rings is 1. The molecule has 0 saturated carbocycles. The summed E-state index contributed by atoms with van der Waals surface area (Å²) < 4.78 is 12.6. The summed E-state index contributed by atoms with van der Waals surface area (Å²) in [6.07, 6.45) is -0.242. The molecule has 0 aliphatic heterocycles. The summed E-state index contributed by atoms with van der Waals surface area (Å²) in [7, 11) is -3.41. The maximum atomic E-state index is 6.39. The fourth-order valence-corrected chi connectivity index (χ4v) is 4.89. The predicted octanol–water partition coefficient (Wildman–Crippen LogP) is 6.13. The Bertz CT molecular complexity index is 482. The smallest absolute Gasteiger partial charge is 0.184 e. The average Bonchev–Trinajstić information content (AvgIpc) is 2.26. The van der Waals surface area contributed by atoms with Gasteiger partial charge >= 0.3 is 0 Å². The second kappa shape index (κ2) is 7.15. The summed E-state index contributed by atoms with van der Waals surface area (Å²) in [5.41, 5.74) is 0.914. The van der Waals surface area contributed by atoms with Crippen LogP contribution in [0.5, 0.6) is 0 Å². The van der Waals surface area contributed by atoms with Crippen LogP contribution in [-0.4, -0.2) is 22.7 Å². The van der Waals surface area contributed by atoms with Crippen molar-refractivity contribution < 1.29 is 8.85 Å². The molecule has 0 saturated heterocycles. The second-order valence-corrected chi connectivity index (χ2v) is 16.9. The first kappa shape index (κ1) is 19.2. The van der Waals surface area contributed by atoms with Gasteiger partial charge in [-0.2, -0.15) is 0 Å². The lowest BCUT2D eigenvalue weighted by molar-refractivity contribution is 0.0551. The van der Waals surface area contributed by atoms with Gasteiger partial charge in [-0.1, -0.05) is 35.3 Å². The Morgan fingerprint density at radius 1 is 0.905 bits per heavy atom. The van der Waals surface area contributed by atoms with E-state index in [9.17, 15) is 0 Å². The molecule has 0 aromatic heterocycles. The maximum absolute atomic E-state index is 6.39. The van der Waals surface area contributed by atoms with Crippen molar-refractivity contribution in [3.8, 4) is 0 Å². The van der Waals surface area contributed by atoms with Gasteiger partial charge in [0, 0.05) is 5.56 Å². The highest BCUT2D eigenvalue weighted by Gasteiger charge is 2.32. The lowest BCUT2D eigenvalue weighted by Gasteiger charge is -2.35. The molecule has 2 atom stereocenters. The largest absolute Gasteiger partial charge is 0.412 e. The van der Waals surface area contributed by atoms with Crippen molar-refractivity contribution in [2.45, 2.75) is 58.4 Å². The zero-order valence-electron chi connectivity index (χ0n) is 14.0. The van der Waals surface area contributed by atoms with Crippen molar-refractivity contribution in [3.63, 3.8) is 0 Å². The molecule has 2 nitrogen and oxygen atoms in total. The summed E-state index contributed by atoms with van der Waals surface area (Å²) in [4.78, 5) is 0. The molecule has 0 spiro atoms. The second-order valence-electron chi connectivity index (χ2n) is 7.23. The highest BCUT2D eigenvalue weighted by molar-refractivity contribution is 6.70. The van der Waals surface area contributed by atoms with Gasteiger partial charge in [-0.3, -0.25) is 0 Å². The lowest BCUT2D eigenvalue weighted by atomic mass is 10.1. The van der Waals surface area contributed by atoms with Gasteiger partial charge in [0.15, 0.2) is 16.6 Å². The molecule has 0 aliphatic carbocycles. The van der Waals surface area contributed by atoms with Crippen LogP contribution in [0, 0.1) is 0 Å². The van der Waals surface area contributed by atoms with Crippen LogP contribution in [0.2, 0.25) is 49.3 Å². The molecule has 1 aromatic carbocycles. The van der Waals surface area contributed by atoms with Gasteiger partial charge in [0.1, 0.15) is 0 Å². The monoisotopic (exact) mass is 364 g/mol. The third-order valence-corrected chi connectivity index (χ3v) is 5.61. The molecule has 0 N–H and O–H groups in total. The van der Waals surface area contributed by atoms with Crippen LogP contribution < -0.4 is 0 Å². The number of halogens is 2. The van der Waals surface area contributed by atoms with Crippen molar-refractivity contribution >= 4 is 39.8 Å². The van der Waals surface area contributed by atoms with Gasteiger partial charge in [0.25, 0.3) is 0 Å². The van der Waals surface area contributed by atoms with E-state index >= 15 is 0 Å². The molecule has 0 amide bonds. The molecule has 21 heavy (non-hydrogen) atoms. The minimum Gasteiger partial charge on any atom is -0.412 e. The highest BCUT2D eigenvalue weighted by atomic mass is 35.5. The van der Waals surface area contributed by atoms with Crippen LogP contribution in [0.1, 0.15) is 18.6 Å². The van der Waals surface area contributed by atoms with Gasteiger partial charge in [-0.15, -0.1) is 0 Å². The average molecular weight is 365 g/mol. The Labute approximate surface area is 141 Å². The van der Waals surface area contributed by atoms with E-state index in [1.165, 1.54) is 0 Å². The number of hydrogen-bond donors (Lipinski definition) is 0. The summed E-state index contributed by atoms with van der Waals surface area (Å²) in [5, 5.41) is 1.12. The molecule has 0 radical (unpaired) electrons.